The summed E-state index contributed by atoms with van der Waals surface area (Å²) >= 11 is 0. The summed E-state index contributed by atoms with van der Waals surface area (Å²) in [7, 11) is -1.59. The zero-order chi connectivity index (χ0) is 20.7. The van der Waals surface area contributed by atoms with Gasteiger partial charge in [0.1, 0.15) is 12.8 Å². The molecule has 0 aliphatic carbocycles. The van der Waals surface area contributed by atoms with Crippen LogP contribution in [0.4, 0.5) is 0 Å². The number of carbonyl (C=O) groups is 2. The van der Waals surface area contributed by atoms with Crippen molar-refractivity contribution in [2.24, 2.45) is 11.8 Å². The fourth-order valence-corrected chi connectivity index (χ4v) is 3.58. The third-order valence-electron chi connectivity index (χ3n) is 5.00. The highest BCUT2D eigenvalue weighted by Gasteiger charge is 2.29. The minimum Gasteiger partial charge on any atom is -0.465 e. The summed E-state index contributed by atoms with van der Waals surface area (Å²) in [5.41, 5.74) is 0. The lowest BCUT2D eigenvalue weighted by molar-refractivity contribution is -0.157. The smallest absolute Gasteiger partial charge is 0.355 e. The van der Waals surface area contributed by atoms with Gasteiger partial charge in [-0.05, 0) is 31.1 Å². The van der Waals surface area contributed by atoms with Crippen molar-refractivity contribution in [2.75, 3.05) is 19.4 Å². The summed E-state index contributed by atoms with van der Waals surface area (Å²) in [5.74, 6) is -0.279. The van der Waals surface area contributed by atoms with Crippen LogP contribution in [-0.4, -0.2) is 37.5 Å². The van der Waals surface area contributed by atoms with E-state index in [1.165, 1.54) is 6.66 Å². The molecule has 5 nitrogen and oxygen atoms in total. The first-order chi connectivity index (χ1) is 12.9. The van der Waals surface area contributed by atoms with Gasteiger partial charge in [-0.2, -0.15) is 0 Å². The summed E-state index contributed by atoms with van der Waals surface area (Å²) < 4.78 is 22.4. The molecule has 0 aromatic heterocycles. The molecule has 4 unspecified atom stereocenters. The van der Waals surface area contributed by atoms with Gasteiger partial charge in [-0.1, -0.05) is 64.4 Å². The highest BCUT2D eigenvalue weighted by Crippen LogP contribution is 2.24. The number of unbranched alkanes of at least 4 members (excludes halogenated alkanes) is 2. The Bertz CT molecular complexity index is 438. The molecule has 4 atom stereocenters. The van der Waals surface area contributed by atoms with Crippen LogP contribution in [0.15, 0.2) is 0 Å². The van der Waals surface area contributed by atoms with Gasteiger partial charge < -0.3 is 9.47 Å². The maximum atomic E-state index is 12.4. The van der Waals surface area contributed by atoms with Crippen LogP contribution >= 0.6 is 7.80 Å². The van der Waals surface area contributed by atoms with Gasteiger partial charge in [0.05, 0.1) is 13.0 Å². The maximum absolute atomic E-state index is 12.4. The van der Waals surface area contributed by atoms with Crippen LogP contribution < -0.4 is 0 Å². The Morgan fingerprint density at radius 2 is 1.56 bits per heavy atom. The molecule has 0 spiro atoms. The topological polar surface area (TPSA) is 69.7 Å². The molecule has 0 aliphatic rings. The van der Waals surface area contributed by atoms with Crippen molar-refractivity contribution in [1.29, 1.82) is 0 Å². The molecule has 0 bridgehead atoms. The zero-order valence-electron chi connectivity index (χ0n) is 18.0. The van der Waals surface area contributed by atoms with Crippen LogP contribution in [0.1, 0.15) is 85.5 Å². The van der Waals surface area contributed by atoms with Crippen LogP contribution in [-0.2, 0) is 23.6 Å². The molecule has 0 aliphatic heterocycles. The SMILES string of the molecule is CCCCC(CC)COC(=O)CC(OC(=O)C[P+](C)=O)C(CC)CCCC. The lowest BCUT2D eigenvalue weighted by Gasteiger charge is -2.25. The summed E-state index contributed by atoms with van der Waals surface area (Å²) in [6.07, 6.45) is 7.64. The lowest BCUT2D eigenvalue weighted by Crippen LogP contribution is -2.31. The molecule has 0 N–H and O–H groups in total. The fraction of sp³-hybridized carbons (Fsp3) is 0.905. The lowest BCUT2D eigenvalue weighted by atomic mass is 9.91. The summed E-state index contributed by atoms with van der Waals surface area (Å²) in [4.78, 5) is 24.4. The summed E-state index contributed by atoms with van der Waals surface area (Å²) in [6.45, 7) is 10.4. The number of hydrogen-bond acceptors (Lipinski definition) is 5. The molecule has 158 valence electrons. The Labute approximate surface area is 166 Å². The molecule has 0 aromatic rings. The van der Waals surface area contributed by atoms with Crippen molar-refractivity contribution in [1.82, 2.24) is 0 Å². The first-order valence-corrected chi connectivity index (χ1v) is 12.5. The van der Waals surface area contributed by atoms with Gasteiger partial charge in [0.2, 0.25) is 6.16 Å². The Hall–Kier alpha value is -0.960. The first-order valence-electron chi connectivity index (χ1n) is 10.6. The van der Waals surface area contributed by atoms with Gasteiger partial charge in [-0.15, -0.1) is 0 Å². The second-order valence-corrected chi connectivity index (χ2v) is 9.00. The van der Waals surface area contributed by atoms with Crippen molar-refractivity contribution >= 4 is 19.7 Å². The number of esters is 2. The van der Waals surface area contributed by atoms with Gasteiger partial charge in [-0.25, -0.2) is 4.79 Å². The van der Waals surface area contributed by atoms with Crippen LogP contribution in [0, 0.1) is 11.8 Å². The first kappa shape index (κ1) is 26.0. The average molecular weight is 404 g/mol. The predicted molar refractivity (Wildman–Crippen MR) is 110 cm³/mol. The Morgan fingerprint density at radius 3 is 2.07 bits per heavy atom. The largest absolute Gasteiger partial charge is 0.465 e. The molecule has 6 heteroatoms. The summed E-state index contributed by atoms with van der Waals surface area (Å²) in [5, 5.41) is 0. The molecule has 0 radical (unpaired) electrons. The second kappa shape index (κ2) is 16.0. The maximum Gasteiger partial charge on any atom is 0.355 e. The van der Waals surface area contributed by atoms with E-state index in [0.29, 0.717) is 12.5 Å². The minimum atomic E-state index is -1.59. The Morgan fingerprint density at radius 1 is 0.926 bits per heavy atom. The molecule has 0 saturated carbocycles. The third kappa shape index (κ3) is 12.9. The van der Waals surface area contributed by atoms with Crippen molar-refractivity contribution in [3.05, 3.63) is 0 Å². The number of hydrogen-bond donors (Lipinski definition) is 0. The number of carbonyl (C=O) groups excluding carboxylic acids is 2. The van der Waals surface area contributed by atoms with E-state index < -0.39 is 19.9 Å². The van der Waals surface area contributed by atoms with Crippen LogP contribution in [0.3, 0.4) is 0 Å². The molecule has 0 amide bonds. The monoisotopic (exact) mass is 403 g/mol. The van der Waals surface area contributed by atoms with Gasteiger partial charge in [-0.3, -0.25) is 4.79 Å². The molecule has 0 fully saturated rings. The van der Waals surface area contributed by atoms with Crippen molar-refractivity contribution in [3.63, 3.8) is 0 Å². The standard InChI is InChI=1S/C21H40O5P/c1-6-10-12-17(8-3)15-25-20(22)14-19(18(9-4)13-11-7-2)26-21(23)16-27(5)24/h17-19H,6-16H2,1-5H3/q+1. The van der Waals surface area contributed by atoms with Crippen molar-refractivity contribution in [3.8, 4) is 0 Å². The molecular weight excluding hydrogens is 363 g/mol. The molecule has 0 aromatic carbocycles. The normalized spacial score (nSPS) is 14.9. The second-order valence-electron chi connectivity index (χ2n) is 7.43. The van der Waals surface area contributed by atoms with Gasteiger partial charge in [0.15, 0.2) is 0 Å². The summed E-state index contributed by atoms with van der Waals surface area (Å²) in [6, 6.07) is 0. The third-order valence-corrected chi connectivity index (χ3v) is 5.71. The van der Waals surface area contributed by atoms with Crippen molar-refractivity contribution < 1.29 is 23.6 Å². The highest BCUT2D eigenvalue weighted by atomic mass is 31.1. The Balaban J connectivity index is 4.80. The van der Waals surface area contributed by atoms with E-state index in [2.05, 4.69) is 20.8 Å². The molecule has 27 heavy (non-hydrogen) atoms. The van der Waals surface area contributed by atoms with Gasteiger partial charge in [0.25, 0.3) is 0 Å². The molecular formula is C21H40O5P+. The van der Waals surface area contributed by atoms with E-state index in [9.17, 15) is 14.2 Å². The van der Waals surface area contributed by atoms with Gasteiger partial charge in [0, 0.05) is 0 Å². The van der Waals surface area contributed by atoms with E-state index in [4.69, 9.17) is 9.47 Å². The van der Waals surface area contributed by atoms with Crippen LogP contribution in [0.5, 0.6) is 0 Å². The number of rotatable bonds is 16. The van der Waals surface area contributed by atoms with Crippen LogP contribution in [0.2, 0.25) is 0 Å². The van der Waals surface area contributed by atoms with E-state index >= 15 is 0 Å². The van der Waals surface area contributed by atoms with Crippen LogP contribution in [0.25, 0.3) is 0 Å². The van der Waals surface area contributed by atoms with E-state index in [1.54, 1.807) is 0 Å². The quantitative estimate of drug-likeness (QED) is 0.243. The molecule has 0 saturated heterocycles. The fourth-order valence-electron chi connectivity index (χ4n) is 3.14. The average Bonchev–Trinajstić information content (AvgIpc) is 2.61. The number of ether oxygens (including phenoxy) is 2. The predicted octanol–water partition coefficient (Wildman–Crippen LogP) is 5.72. The zero-order valence-corrected chi connectivity index (χ0v) is 18.9. The van der Waals surface area contributed by atoms with Gasteiger partial charge >= 0.3 is 19.7 Å². The van der Waals surface area contributed by atoms with Crippen molar-refractivity contribution in [2.45, 2.75) is 91.6 Å². The van der Waals surface area contributed by atoms with E-state index in [-0.39, 0.29) is 24.5 Å². The van der Waals surface area contributed by atoms with E-state index in [1.807, 2.05) is 6.92 Å². The van der Waals surface area contributed by atoms with E-state index in [0.717, 1.165) is 51.4 Å². The minimum absolute atomic E-state index is 0.0820. The molecule has 0 heterocycles. The highest BCUT2D eigenvalue weighted by molar-refractivity contribution is 7.44. The Kier molecular flexibility index (Phi) is 15.5. The molecule has 0 rings (SSSR count).